The van der Waals surface area contributed by atoms with Crippen molar-refractivity contribution in [1.29, 1.82) is 0 Å². The Morgan fingerprint density at radius 3 is 2.46 bits per heavy atom. The van der Waals surface area contributed by atoms with E-state index in [0.29, 0.717) is 38.2 Å². The first kappa shape index (κ1) is 36.3. The lowest BCUT2D eigenvalue weighted by atomic mass is 10.0. The topological polar surface area (TPSA) is 140 Å². The van der Waals surface area contributed by atoms with Gasteiger partial charge in [-0.3, -0.25) is 19.5 Å². The molecule has 0 saturated carbocycles. The number of likely N-dealkylation sites (tertiary alicyclic amines) is 1. The van der Waals surface area contributed by atoms with Gasteiger partial charge in [0.2, 0.25) is 11.8 Å². The lowest BCUT2D eigenvalue weighted by Gasteiger charge is -2.31. The summed E-state index contributed by atoms with van der Waals surface area (Å²) in [6, 6.07) is 17.1. The number of nitrogens with zero attached hydrogens (tertiary/aromatic N) is 3. The van der Waals surface area contributed by atoms with Crippen LogP contribution in [0.25, 0.3) is 10.8 Å². The first-order chi connectivity index (χ1) is 21.9. The molecule has 46 heavy (non-hydrogen) atoms. The van der Waals surface area contributed by atoms with E-state index in [1.54, 1.807) is 24.2 Å². The number of carboxylic acid groups (broad SMARTS) is 2. The highest BCUT2D eigenvalue weighted by atomic mass is 32.2. The van der Waals surface area contributed by atoms with Crippen molar-refractivity contribution in [2.45, 2.75) is 50.5 Å². The van der Waals surface area contributed by atoms with Crippen molar-refractivity contribution in [2.24, 2.45) is 0 Å². The Morgan fingerprint density at radius 2 is 1.80 bits per heavy atom. The molecule has 2 heterocycles. The van der Waals surface area contributed by atoms with Crippen LogP contribution in [0, 0.1) is 0 Å². The Bertz CT molecular complexity index is 1470. The van der Waals surface area contributed by atoms with Gasteiger partial charge in [0.15, 0.2) is 0 Å². The maximum atomic E-state index is 13.2. The number of aliphatic carboxylic acids is 2. The van der Waals surface area contributed by atoms with Crippen LogP contribution in [0.4, 0.5) is 13.2 Å². The Hall–Kier alpha value is -4.17. The molecule has 14 heteroatoms. The number of pyridine rings is 1. The second-order valence-electron chi connectivity index (χ2n) is 10.8. The van der Waals surface area contributed by atoms with Crippen LogP contribution >= 0.6 is 11.8 Å². The molecule has 3 N–H and O–H groups in total. The van der Waals surface area contributed by atoms with Crippen LogP contribution in [-0.2, 0) is 32.1 Å². The third-order valence-electron chi connectivity index (χ3n) is 7.37. The monoisotopic (exact) mass is 662 g/mol. The van der Waals surface area contributed by atoms with Crippen molar-refractivity contribution >= 4 is 46.3 Å². The van der Waals surface area contributed by atoms with Gasteiger partial charge in [0.05, 0.1) is 13.0 Å². The normalized spacial score (nSPS) is 15.2. The van der Waals surface area contributed by atoms with Gasteiger partial charge >= 0.3 is 18.1 Å². The summed E-state index contributed by atoms with van der Waals surface area (Å²) in [6.45, 7) is 1.78. The fourth-order valence-corrected chi connectivity index (χ4v) is 5.69. The number of carbonyl (C=O) groups is 4. The predicted molar refractivity (Wildman–Crippen MR) is 168 cm³/mol. The number of alkyl halides is 3. The zero-order valence-corrected chi connectivity index (χ0v) is 26.1. The molecule has 1 aliphatic heterocycles. The van der Waals surface area contributed by atoms with E-state index in [1.165, 1.54) is 0 Å². The molecule has 1 saturated heterocycles. The van der Waals surface area contributed by atoms with Gasteiger partial charge in [0.1, 0.15) is 6.04 Å². The average Bonchev–Trinajstić information content (AvgIpc) is 3.48. The van der Waals surface area contributed by atoms with E-state index < -0.39 is 24.2 Å². The summed E-state index contributed by atoms with van der Waals surface area (Å²) >= 11 is 1.55. The van der Waals surface area contributed by atoms with E-state index in [1.807, 2.05) is 46.4 Å². The lowest BCUT2D eigenvalue weighted by Crippen LogP contribution is -2.49. The number of fused-ring (bicyclic) bond motifs is 1. The zero-order valence-electron chi connectivity index (χ0n) is 25.3. The first-order valence-corrected chi connectivity index (χ1v) is 16.0. The summed E-state index contributed by atoms with van der Waals surface area (Å²) < 4.78 is 31.7. The minimum absolute atomic E-state index is 0.0243. The smallest absolute Gasteiger partial charge is 0.480 e. The summed E-state index contributed by atoms with van der Waals surface area (Å²) in [7, 11) is 0. The average molecular weight is 663 g/mol. The number of amides is 2. The summed E-state index contributed by atoms with van der Waals surface area (Å²) in [5.74, 6) is -3.40. The highest BCUT2D eigenvalue weighted by molar-refractivity contribution is 7.98. The van der Waals surface area contributed by atoms with Gasteiger partial charge in [-0.15, -0.1) is 0 Å². The second kappa shape index (κ2) is 17.5. The Balaban J connectivity index is 0.000000738. The largest absolute Gasteiger partial charge is 0.490 e. The summed E-state index contributed by atoms with van der Waals surface area (Å²) in [5.41, 5.74) is 1.97. The number of carboxylic acids is 2. The quantitative estimate of drug-likeness (QED) is 0.245. The standard InChI is InChI=1S/C30H36N4O4S.C2HF3O2/c1-39-16-13-27(30(37)38)32-28(35)21-33(19-24-10-4-9-23-8-2-3-12-26(23)24)20-25-11-6-15-34(25)29(36)17-22-7-5-14-31-18-22;3-2(4,5)1(6)7/h2-5,7-10,12,14,18,25,27H,6,11,13,15-17,19-21H2,1H3,(H,32,35)(H,37,38);(H,6,7)/t25-,27?;/m0./s1. The van der Waals surface area contributed by atoms with Gasteiger partial charge in [-0.2, -0.15) is 24.9 Å². The minimum atomic E-state index is -5.08. The Kier molecular flexibility index (Phi) is 13.8. The van der Waals surface area contributed by atoms with E-state index in [2.05, 4.69) is 34.6 Å². The SMILES string of the molecule is CSCCC(NC(=O)CN(Cc1cccc2ccccc12)C[C@@H]1CCCN1C(=O)Cc1cccnc1)C(=O)O.O=C(O)C(F)(F)F. The highest BCUT2D eigenvalue weighted by Crippen LogP contribution is 2.23. The van der Waals surface area contributed by atoms with Crippen LogP contribution in [0.1, 0.15) is 30.4 Å². The molecule has 0 bridgehead atoms. The number of halogens is 3. The molecule has 2 atom stereocenters. The fraction of sp³-hybridized carbons (Fsp3) is 0.406. The first-order valence-electron chi connectivity index (χ1n) is 14.6. The molecule has 0 radical (unpaired) electrons. The Morgan fingerprint density at radius 1 is 1.09 bits per heavy atom. The molecule has 1 aliphatic rings. The maximum absolute atomic E-state index is 13.2. The molecule has 248 valence electrons. The van der Waals surface area contributed by atoms with Crippen LogP contribution in [0.2, 0.25) is 0 Å². The second-order valence-corrected chi connectivity index (χ2v) is 11.8. The van der Waals surface area contributed by atoms with Gasteiger partial charge < -0.3 is 20.4 Å². The van der Waals surface area contributed by atoms with Crippen LogP contribution in [0.5, 0.6) is 0 Å². The molecule has 0 spiro atoms. The number of benzene rings is 2. The highest BCUT2D eigenvalue weighted by Gasteiger charge is 2.38. The molecule has 1 aromatic heterocycles. The van der Waals surface area contributed by atoms with E-state index >= 15 is 0 Å². The lowest BCUT2D eigenvalue weighted by molar-refractivity contribution is -0.192. The third-order valence-corrected chi connectivity index (χ3v) is 8.02. The molecule has 4 rings (SSSR count). The number of aromatic nitrogens is 1. The number of carbonyl (C=O) groups excluding carboxylic acids is 2. The zero-order chi connectivity index (χ0) is 33.7. The molecule has 3 aromatic rings. The van der Waals surface area contributed by atoms with Gasteiger partial charge in [0.25, 0.3) is 0 Å². The molecular weight excluding hydrogens is 625 g/mol. The molecule has 1 fully saturated rings. The van der Waals surface area contributed by atoms with E-state index in [0.717, 1.165) is 34.7 Å². The van der Waals surface area contributed by atoms with Crippen molar-refractivity contribution in [3.63, 3.8) is 0 Å². The number of rotatable bonds is 13. The van der Waals surface area contributed by atoms with Crippen molar-refractivity contribution in [3.05, 3.63) is 78.1 Å². The van der Waals surface area contributed by atoms with Gasteiger partial charge in [-0.25, -0.2) is 9.59 Å². The molecule has 2 amide bonds. The predicted octanol–water partition coefficient (Wildman–Crippen LogP) is 4.23. The molecular formula is C32H37F3N4O6S. The van der Waals surface area contributed by atoms with E-state index in [4.69, 9.17) is 9.90 Å². The fourth-order valence-electron chi connectivity index (χ4n) is 5.22. The molecule has 10 nitrogen and oxygen atoms in total. The van der Waals surface area contributed by atoms with E-state index in [-0.39, 0.29) is 24.4 Å². The van der Waals surface area contributed by atoms with Gasteiger partial charge in [-0.05, 0) is 59.2 Å². The molecule has 1 unspecified atom stereocenters. The summed E-state index contributed by atoms with van der Waals surface area (Å²) in [4.78, 5) is 55.0. The maximum Gasteiger partial charge on any atom is 0.490 e. The van der Waals surface area contributed by atoms with E-state index in [9.17, 15) is 32.7 Å². The van der Waals surface area contributed by atoms with Gasteiger partial charge in [0, 0.05) is 38.1 Å². The van der Waals surface area contributed by atoms with Crippen molar-refractivity contribution in [1.82, 2.24) is 20.1 Å². The van der Waals surface area contributed by atoms with Crippen LogP contribution in [0.3, 0.4) is 0 Å². The van der Waals surface area contributed by atoms with Crippen molar-refractivity contribution < 1.29 is 42.6 Å². The minimum Gasteiger partial charge on any atom is -0.480 e. The molecule has 0 aliphatic carbocycles. The number of hydrogen-bond acceptors (Lipinski definition) is 7. The number of thioether (sulfide) groups is 1. The Labute approximate surface area is 269 Å². The van der Waals surface area contributed by atoms with Crippen molar-refractivity contribution in [2.75, 3.05) is 31.6 Å². The number of hydrogen-bond donors (Lipinski definition) is 3. The third kappa shape index (κ3) is 11.3. The van der Waals surface area contributed by atoms with Gasteiger partial charge in [-0.1, -0.05) is 48.5 Å². The number of nitrogens with one attached hydrogen (secondary N) is 1. The summed E-state index contributed by atoms with van der Waals surface area (Å²) in [5, 5.41) is 21.7. The van der Waals surface area contributed by atoms with Crippen LogP contribution < -0.4 is 5.32 Å². The van der Waals surface area contributed by atoms with Crippen LogP contribution in [0.15, 0.2) is 67.0 Å². The van der Waals surface area contributed by atoms with Crippen molar-refractivity contribution in [3.8, 4) is 0 Å². The van der Waals surface area contributed by atoms with Crippen LogP contribution in [-0.4, -0.2) is 98.7 Å². The molecule has 2 aromatic carbocycles. The summed E-state index contributed by atoms with van der Waals surface area (Å²) in [6.07, 6.45) is 2.67.